The predicted octanol–water partition coefficient (Wildman–Crippen LogP) is 6.48. The summed E-state index contributed by atoms with van der Waals surface area (Å²) in [6.45, 7) is 13.1. The highest BCUT2D eigenvalue weighted by atomic mass is 28.4. The fourth-order valence-corrected chi connectivity index (χ4v) is 5.36. The van der Waals surface area contributed by atoms with Gasteiger partial charge in [-0.15, -0.1) is 4.73 Å². The van der Waals surface area contributed by atoms with Gasteiger partial charge in [-0.3, -0.25) is 4.79 Å². The van der Waals surface area contributed by atoms with Crippen LogP contribution in [0.1, 0.15) is 43.6 Å². The van der Waals surface area contributed by atoms with E-state index in [1.807, 2.05) is 54.6 Å². The van der Waals surface area contributed by atoms with Crippen molar-refractivity contribution in [3.63, 3.8) is 0 Å². The summed E-state index contributed by atoms with van der Waals surface area (Å²) in [5, 5.41) is 4.63. The highest BCUT2D eigenvalue weighted by Gasteiger charge is 2.39. The molecule has 5 nitrogen and oxygen atoms in total. The van der Waals surface area contributed by atoms with E-state index in [1.165, 1.54) is 10.3 Å². The van der Waals surface area contributed by atoms with Crippen molar-refractivity contribution in [1.29, 1.82) is 0 Å². The number of nitrogens with one attached hydrogen (secondary N) is 1. The molecule has 0 aliphatic carbocycles. The zero-order valence-electron chi connectivity index (χ0n) is 22.5. The van der Waals surface area contributed by atoms with Gasteiger partial charge in [0.25, 0.3) is 5.56 Å². The van der Waals surface area contributed by atoms with Gasteiger partial charge < -0.3 is 14.6 Å². The minimum atomic E-state index is -2.09. The Labute approximate surface area is 221 Å². The SMILES string of the molecule is CC(C)(C)[Si](C)(C)O[C@@H](CNCc1ccccc1)c1cccc2c1ccc(=O)n2OCc1ccccc1. The maximum Gasteiger partial charge on any atom is 0.283 e. The zero-order chi connectivity index (χ0) is 26.5. The summed E-state index contributed by atoms with van der Waals surface area (Å²) in [5.41, 5.74) is 3.85. The van der Waals surface area contributed by atoms with Crippen molar-refractivity contribution in [1.82, 2.24) is 10.0 Å². The van der Waals surface area contributed by atoms with E-state index < -0.39 is 8.32 Å². The maximum absolute atomic E-state index is 12.8. The van der Waals surface area contributed by atoms with Crippen LogP contribution in [0.15, 0.2) is 95.8 Å². The zero-order valence-corrected chi connectivity index (χ0v) is 23.5. The van der Waals surface area contributed by atoms with Crippen molar-refractivity contribution >= 4 is 19.2 Å². The molecule has 0 unspecified atom stereocenters. The molecule has 0 saturated heterocycles. The molecule has 0 saturated carbocycles. The van der Waals surface area contributed by atoms with Crippen LogP contribution < -0.4 is 15.7 Å². The predicted molar refractivity (Wildman–Crippen MR) is 154 cm³/mol. The minimum Gasteiger partial charge on any atom is -0.409 e. The molecule has 4 aromatic rings. The number of hydrogen-bond donors (Lipinski definition) is 1. The molecule has 1 aromatic heterocycles. The Bertz CT molecular complexity index is 1360. The quantitative estimate of drug-likeness (QED) is 0.246. The van der Waals surface area contributed by atoms with E-state index in [2.05, 4.69) is 69.5 Å². The molecule has 0 radical (unpaired) electrons. The first-order valence-electron chi connectivity index (χ1n) is 12.9. The van der Waals surface area contributed by atoms with Gasteiger partial charge in [0.2, 0.25) is 0 Å². The van der Waals surface area contributed by atoms with Crippen LogP contribution in [0, 0.1) is 0 Å². The van der Waals surface area contributed by atoms with Crippen molar-refractivity contribution in [2.45, 2.75) is 58.2 Å². The van der Waals surface area contributed by atoms with Crippen LogP contribution in [0.5, 0.6) is 0 Å². The van der Waals surface area contributed by atoms with Gasteiger partial charge in [-0.05, 0) is 47.0 Å². The Morgan fingerprint density at radius 2 is 1.49 bits per heavy atom. The van der Waals surface area contributed by atoms with E-state index >= 15 is 0 Å². The molecule has 0 bridgehead atoms. The lowest BCUT2D eigenvalue weighted by atomic mass is 10.0. The minimum absolute atomic E-state index is 0.0656. The van der Waals surface area contributed by atoms with Gasteiger partial charge in [0, 0.05) is 24.5 Å². The number of hydrogen-bond acceptors (Lipinski definition) is 4. The van der Waals surface area contributed by atoms with Crippen LogP contribution in [0.4, 0.5) is 0 Å². The Balaban J connectivity index is 1.67. The van der Waals surface area contributed by atoms with Gasteiger partial charge in [-0.25, -0.2) is 0 Å². The van der Waals surface area contributed by atoms with Crippen LogP contribution in [0.2, 0.25) is 18.1 Å². The van der Waals surface area contributed by atoms with Crippen molar-refractivity contribution in [3.05, 3.63) is 118 Å². The van der Waals surface area contributed by atoms with Crippen LogP contribution in [-0.2, 0) is 17.6 Å². The van der Waals surface area contributed by atoms with E-state index in [-0.39, 0.29) is 16.7 Å². The van der Waals surface area contributed by atoms with Gasteiger partial charge in [-0.2, -0.15) is 0 Å². The number of rotatable bonds is 10. The molecule has 4 rings (SSSR count). The lowest BCUT2D eigenvalue weighted by Gasteiger charge is -2.39. The molecular formula is C31H38N2O3Si. The molecule has 0 aliphatic rings. The van der Waals surface area contributed by atoms with Crippen molar-refractivity contribution in [3.8, 4) is 0 Å². The van der Waals surface area contributed by atoms with Crippen LogP contribution >= 0.6 is 0 Å². The van der Waals surface area contributed by atoms with E-state index in [0.29, 0.717) is 13.2 Å². The first-order valence-corrected chi connectivity index (χ1v) is 15.8. The smallest absolute Gasteiger partial charge is 0.283 e. The summed E-state index contributed by atoms with van der Waals surface area (Å²) in [6, 6.07) is 29.8. The Hall–Kier alpha value is -3.19. The van der Waals surface area contributed by atoms with Crippen molar-refractivity contribution in [2.24, 2.45) is 0 Å². The first-order chi connectivity index (χ1) is 17.7. The molecule has 1 heterocycles. The maximum atomic E-state index is 12.8. The first kappa shape index (κ1) is 26.9. The average Bonchev–Trinajstić information content (AvgIpc) is 2.87. The second-order valence-electron chi connectivity index (χ2n) is 11.0. The normalized spacial score (nSPS) is 13.0. The third-order valence-corrected chi connectivity index (χ3v) is 11.7. The van der Waals surface area contributed by atoms with Crippen LogP contribution in [0.25, 0.3) is 10.9 Å². The molecule has 1 N–H and O–H groups in total. The number of benzene rings is 3. The highest BCUT2D eigenvalue weighted by Crippen LogP contribution is 2.40. The van der Waals surface area contributed by atoms with Crippen molar-refractivity contribution in [2.75, 3.05) is 6.54 Å². The van der Waals surface area contributed by atoms with Crippen LogP contribution in [0.3, 0.4) is 0 Å². The highest BCUT2D eigenvalue weighted by molar-refractivity contribution is 6.74. The number of pyridine rings is 1. The molecule has 0 spiro atoms. The Kier molecular flexibility index (Phi) is 8.32. The van der Waals surface area contributed by atoms with E-state index in [1.54, 1.807) is 6.07 Å². The molecule has 0 fully saturated rings. The monoisotopic (exact) mass is 514 g/mol. The average molecular weight is 515 g/mol. The summed E-state index contributed by atoms with van der Waals surface area (Å²) < 4.78 is 8.39. The Morgan fingerprint density at radius 1 is 0.838 bits per heavy atom. The van der Waals surface area contributed by atoms with Gasteiger partial charge in [0.05, 0.1) is 11.6 Å². The molecule has 0 aliphatic heterocycles. The van der Waals surface area contributed by atoms with Gasteiger partial charge in [0.15, 0.2) is 8.32 Å². The standard InChI is InChI=1S/C31H38N2O3Si/c1-31(2,3)37(4,5)36-29(22-32-21-24-13-8-6-9-14-24)27-17-12-18-28-26(27)19-20-30(34)33(28)35-23-25-15-10-7-11-16-25/h6-20,29,32H,21-23H2,1-5H3/t29-/m0/s1. The number of fused-ring (bicyclic) bond motifs is 1. The third kappa shape index (κ3) is 6.58. The van der Waals surface area contributed by atoms with E-state index in [9.17, 15) is 4.79 Å². The summed E-state index contributed by atoms with van der Waals surface area (Å²) in [7, 11) is -2.09. The largest absolute Gasteiger partial charge is 0.409 e. The summed E-state index contributed by atoms with van der Waals surface area (Å²) >= 11 is 0. The van der Waals surface area contributed by atoms with E-state index in [4.69, 9.17) is 9.26 Å². The lowest BCUT2D eigenvalue weighted by Crippen LogP contribution is -2.43. The fourth-order valence-electron chi connectivity index (χ4n) is 4.09. The van der Waals surface area contributed by atoms with Crippen LogP contribution in [-0.4, -0.2) is 19.6 Å². The van der Waals surface area contributed by atoms with E-state index in [0.717, 1.165) is 28.6 Å². The summed E-state index contributed by atoms with van der Waals surface area (Å²) in [6.07, 6.45) is -0.173. The van der Waals surface area contributed by atoms with Gasteiger partial charge in [-0.1, -0.05) is 93.6 Å². The molecule has 194 valence electrons. The molecule has 3 aromatic carbocycles. The summed E-state index contributed by atoms with van der Waals surface area (Å²) in [4.78, 5) is 18.8. The molecule has 6 heteroatoms. The second kappa shape index (κ2) is 11.5. The van der Waals surface area contributed by atoms with Gasteiger partial charge >= 0.3 is 0 Å². The number of nitrogens with zero attached hydrogens (tertiary/aromatic N) is 1. The number of aromatic nitrogens is 1. The Morgan fingerprint density at radius 3 is 2.14 bits per heavy atom. The van der Waals surface area contributed by atoms with Gasteiger partial charge in [0.1, 0.15) is 6.61 Å². The fraction of sp³-hybridized carbons (Fsp3) is 0.323. The topological polar surface area (TPSA) is 52.5 Å². The molecule has 0 amide bonds. The molecule has 1 atom stereocenters. The summed E-state index contributed by atoms with van der Waals surface area (Å²) in [5.74, 6) is 0. The lowest BCUT2D eigenvalue weighted by molar-refractivity contribution is 0.0992. The molecular weight excluding hydrogens is 476 g/mol. The second-order valence-corrected chi connectivity index (χ2v) is 15.7. The third-order valence-electron chi connectivity index (χ3n) is 7.22. The van der Waals surface area contributed by atoms with Crippen molar-refractivity contribution < 1.29 is 9.26 Å². The molecule has 37 heavy (non-hydrogen) atoms.